The van der Waals surface area contributed by atoms with Gasteiger partial charge in [-0.25, -0.2) is 0 Å². The number of nitrogens with one attached hydrogen (secondary N) is 1. The number of thiocarbonyl (C=S) groups is 1. The van der Waals surface area contributed by atoms with Gasteiger partial charge in [0.1, 0.15) is 11.8 Å². The average molecular weight is 519 g/mol. The number of rotatable bonds is 5. The summed E-state index contributed by atoms with van der Waals surface area (Å²) >= 11 is 9.50. The molecule has 1 fully saturated rings. The quantitative estimate of drug-likeness (QED) is 0.322. The normalized spacial score (nSPS) is 17.8. The summed E-state index contributed by atoms with van der Waals surface area (Å²) in [6.07, 6.45) is 3.89. The number of aryl methyl sites for hydroxylation is 1. The number of hydrogen-bond acceptors (Lipinski definition) is 3. The maximum atomic E-state index is 5.88. The van der Waals surface area contributed by atoms with Gasteiger partial charge < -0.3 is 19.5 Å². The van der Waals surface area contributed by atoms with Gasteiger partial charge in [-0.05, 0) is 79.3 Å². The van der Waals surface area contributed by atoms with Crippen molar-refractivity contribution in [3.63, 3.8) is 0 Å². The Morgan fingerprint density at radius 3 is 2.61 bits per heavy atom. The number of aromatic nitrogens is 2. The minimum Gasteiger partial charge on any atom is -0.495 e. The Kier molecular flexibility index (Phi) is 5.91. The van der Waals surface area contributed by atoms with Crippen molar-refractivity contribution in [3.8, 4) is 11.4 Å². The second-order valence-corrected chi connectivity index (χ2v) is 9.15. The van der Waals surface area contributed by atoms with E-state index in [0.29, 0.717) is 5.11 Å². The first-order valence-corrected chi connectivity index (χ1v) is 11.9. The van der Waals surface area contributed by atoms with Gasteiger partial charge in [0.15, 0.2) is 5.11 Å². The van der Waals surface area contributed by atoms with Gasteiger partial charge >= 0.3 is 0 Å². The molecule has 1 aliphatic heterocycles. The van der Waals surface area contributed by atoms with Crippen LogP contribution in [0.4, 0.5) is 5.69 Å². The molecule has 5 nitrogen and oxygen atoms in total. The zero-order valence-corrected chi connectivity index (χ0v) is 20.7. The molecule has 7 heteroatoms. The Morgan fingerprint density at radius 1 is 1.03 bits per heavy atom. The standard InChI is InChI=1S/C26H23BrN4OS/c1-17-16-18(12-13-19(17)27)31-25(24(29-26(31)33)20-8-5-6-14-28-20)22-10-7-15-30(22)21-9-3-4-11-23(21)32-2/h3-16,24-25H,1-2H3,(H,29,33)/t24-,25+/m0/s1. The van der Waals surface area contributed by atoms with Gasteiger partial charge in [-0.1, -0.05) is 34.1 Å². The maximum absolute atomic E-state index is 5.88. The first-order valence-electron chi connectivity index (χ1n) is 10.7. The van der Waals surface area contributed by atoms with Crippen LogP contribution in [-0.4, -0.2) is 21.8 Å². The second-order valence-electron chi connectivity index (χ2n) is 7.90. The molecule has 4 aromatic rings. The van der Waals surface area contributed by atoms with E-state index in [0.717, 1.165) is 38.5 Å². The van der Waals surface area contributed by atoms with E-state index >= 15 is 0 Å². The number of para-hydroxylation sites is 2. The number of methoxy groups -OCH3 is 1. The molecule has 2 atom stereocenters. The summed E-state index contributed by atoms with van der Waals surface area (Å²) in [6, 6.07) is 24.3. The van der Waals surface area contributed by atoms with Crippen molar-refractivity contribution in [1.29, 1.82) is 0 Å². The van der Waals surface area contributed by atoms with Gasteiger partial charge in [-0.3, -0.25) is 4.98 Å². The van der Waals surface area contributed by atoms with Crippen molar-refractivity contribution >= 4 is 38.9 Å². The fraction of sp³-hybridized carbons (Fsp3) is 0.154. The van der Waals surface area contributed by atoms with Crippen LogP contribution < -0.4 is 15.0 Å². The fourth-order valence-electron chi connectivity index (χ4n) is 4.40. The van der Waals surface area contributed by atoms with Crippen LogP contribution in [0.2, 0.25) is 0 Å². The lowest BCUT2D eigenvalue weighted by Crippen LogP contribution is -2.30. The fourth-order valence-corrected chi connectivity index (χ4v) is 4.99. The first-order chi connectivity index (χ1) is 16.1. The van der Waals surface area contributed by atoms with Crippen molar-refractivity contribution < 1.29 is 4.74 Å². The summed E-state index contributed by atoms with van der Waals surface area (Å²) in [4.78, 5) is 6.85. The molecule has 0 spiro atoms. The summed E-state index contributed by atoms with van der Waals surface area (Å²) in [5.74, 6) is 0.809. The largest absolute Gasteiger partial charge is 0.495 e. The average Bonchev–Trinajstić information content (AvgIpc) is 3.45. The van der Waals surface area contributed by atoms with Gasteiger partial charge in [0.25, 0.3) is 0 Å². The van der Waals surface area contributed by atoms with E-state index < -0.39 is 0 Å². The third kappa shape index (κ3) is 3.92. The van der Waals surface area contributed by atoms with E-state index in [4.69, 9.17) is 17.0 Å². The highest BCUT2D eigenvalue weighted by Gasteiger charge is 2.42. The minimum absolute atomic E-state index is 0.118. The van der Waals surface area contributed by atoms with Crippen LogP contribution in [0.3, 0.4) is 0 Å². The highest BCUT2D eigenvalue weighted by molar-refractivity contribution is 9.10. The summed E-state index contributed by atoms with van der Waals surface area (Å²) < 4.78 is 8.91. The number of pyridine rings is 1. The minimum atomic E-state index is -0.119. The lowest BCUT2D eigenvalue weighted by molar-refractivity contribution is 0.412. The van der Waals surface area contributed by atoms with Gasteiger partial charge in [0.05, 0.1) is 24.5 Å². The van der Waals surface area contributed by atoms with Crippen LogP contribution in [0.5, 0.6) is 5.75 Å². The predicted octanol–water partition coefficient (Wildman–Crippen LogP) is 6.13. The van der Waals surface area contributed by atoms with E-state index in [1.807, 2.05) is 42.6 Å². The number of anilines is 1. The zero-order chi connectivity index (χ0) is 22.9. The van der Waals surface area contributed by atoms with Crippen molar-refractivity contribution in [2.45, 2.75) is 19.0 Å². The van der Waals surface area contributed by atoms with Crippen LogP contribution in [0.15, 0.2) is 89.7 Å². The van der Waals surface area contributed by atoms with Gasteiger partial charge in [-0.2, -0.15) is 0 Å². The summed E-state index contributed by atoms with van der Waals surface area (Å²) in [7, 11) is 1.70. The highest BCUT2D eigenvalue weighted by Crippen LogP contribution is 2.43. The molecule has 1 saturated heterocycles. The molecule has 1 aliphatic rings. The van der Waals surface area contributed by atoms with E-state index in [1.165, 1.54) is 0 Å². The Balaban J connectivity index is 1.69. The summed E-state index contributed by atoms with van der Waals surface area (Å²) in [5, 5.41) is 4.21. The Hall–Kier alpha value is -3.16. The molecule has 2 aromatic heterocycles. The predicted molar refractivity (Wildman–Crippen MR) is 139 cm³/mol. The van der Waals surface area contributed by atoms with Crippen LogP contribution in [0, 0.1) is 6.92 Å². The zero-order valence-electron chi connectivity index (χ0n) is 18.3. The van der Waals surface area contributed by atoms with Crippen molar-refractivity contribution in [2.24, 2.45) is 0 Å². The van der Waals surface area contributed by atoms with E-state index in [2.05, 4.69) is 85.2 Å². The molecule has 1 N–H and O–H groups in total. The molecular weight excluding hydrogens is 496 g/mol. The molecule has 0 bridgehead atoms. The molecule has 166 valence electrons. The van der Waals surface area contributed by atoms with Crippen LogP contribution in [0.25, 0.3) is 5.69 Å². The SMILES string of the molecule is COc1ccccc1-n1cccc1[C@@H]1[C@H](c2ccccn2)NC(=S)N1c1ccc(Br)c(C)c1. The molecule has 0 saturated carbocycles. The van der Waals surface area contributed by atoms with Crippen LogP contribution in [-0.2, 0) is 0 Å². The van der Waals surface area contributed by atoms with Crippen molar-refractivity contribution in [3.05, 3.63) is 107 Å². The Labute approximate surface area is 207 Å². The van der Waals surface area contributed by atoms with E-state index in [-0.39, 0.29) is 12.1 Å². The maximum Gasteiger partial charge on any atom is 0.174 e. The van der Waals surface area contributed by atoms with E-state index in [1.54, 1.807) is 7.11 Å². The van der Waals surface area contributed by atoms with Crippen LogP contribution >= 0.6 is 28.1 Å². The topological polar surface area (TPSA) is 42.3 Å². The number of benzene rings is 2. The van der Waals surface area contributed by atoms with E-state index in [9.17, 15) is 0 Å². The number of hydrogen-bond donors (Lipinski definition) is 1. The van der Waals surface area contributed by atoms with Gasteiger partial charge in [-0.15, -0.1) is 0 Å². The summed E-state index contributed by atoms with van der Waals surface area (Å²) in [5.41, 5.74) is 5.18. The molecule has 5 rings (SSSR count). The Morgan fingerprint density at radius 2 is 1.85 bits per heavy atom. The van der Waals surface area contributed by atoms with Crippen molar-refractivity contribution in [1.82, 2.24) is 14.9 Å². The smallest absolute Gasteiger partial charge is 0.174 e. The molecule has 0 aliphatic carbocycles. The highest BCUT2D eigenvalue weighted by atomic mass is 79.9. The van der Waals surface area contributed by atoms with Gasteiger partial charge in [0.2, 0.25) is 0 Å². The lowest BCUT2D eigenvalue weighted by atomic mass is 10.0. The molecule has 0 amide bonds. The molecular formula is C26H23BrN4OS. The molecule has 2 aromatic carbocycles. The third-order valence-corrected chi connectivity index (χ3v) is 7.15. The lowest BCUT2D eigenvalue weighted by Gasteiger charge is -2.29. The second kappa shape index (κ2) is 9.00. The molecule has 3 heterocycles. The molecule has 33 heavy (non-hydrogen) atoms. The first kappa shape index (κ1) is 21.7. The molecule has 0 radical (unpaired) electrons. The summed E-state index contributed by atoms with van der Waals surface area (Å²) in [6.45, 7) is 2.09. The molecule has 0 unspecified atom stereocenters. The number of ether oxygens (including phenoxy) is 1. The monoisotopic (exact) mass is 518 g/mol. The van der Waals surface area contributed by atoms with Gasteiger partial charge in [0, 0.05) is 28.2 Å². The third-order valence-electron chi connectivity index (χ3n) is 5.95. The Bertz CT molecular complexity index is 1310. The van der Waals surface area contributed by atoms with Crippen LogP contribution in [0.1, 0.15) is 29.0 Å². The number of nitrogens with zero attached hydrogens (tertiary/aromatic N) is 3. The number of halogens is 1. The van der Waals surface area contributed by atoms with Crippen molar-refractivity contribution in [2.75, 3.05) is 12.0 Å².